The third-order valence-corrected chi connectivity index (χ3v) is 11.1. The molecule has 0 amide bonds. The van der Waals surface area contributed by atoms with Gasteiger partial charge in [0.15, 0.2) is 5.82 Å². The number of benzene rings is 8. The molecule has 53 heavy (non-hydrogen) atoms. The van der Waals surface area contributed by atoms with Gasteiger partial charge in [-0.05, 0) is 78.2 Å². The molecule has 0 radical (unpaired) electrons. The Balaban J connectivity index is 1.13. The van der Waals surface area contributed by atoms with Crippen molar-refractivity contribution in [2.45, 2.75) is 19.3 Å². The Kier molecular flexibility index (Phi) is 7.19. The number of nitrogens with zero attached hydrogens (tertiary/aromatic N) is 2. The summed E-state index contributed by atoms with van der Waals surface area (Å²) >= 11 is 0. The van der Waals surface area contributed by atoms with Crippen LogP contribution in [0.25, 0.3) is 88.8 Å². The molecule has 1 aliphatic carbocycles. The van der Waals surface area contributed by atoms with Gasteiger partial charge in [-0.15, -0.1) is 0 Å². The predicted molar refractivity (Wildman–Crippen MR) is 222 cm³/mol. The van der Waals surface area contributed by atoms with E-state index in [1.54, 1.807) is 0 Å². The van der Waals surface area contributed by atoms with Crippen LogP contribution in [0.5, 0.6) is 0 Å². The highest BCUT2D eigenvalue weighted by atomic mass is 14.9. The van der Waals surface area contributed by atoms with Crippen LogP contribution in [0, 0.1) is 0 Å². The maximum absolute atomic E-state index is 5.31. The standard InChI is InChI=1S/C51H36N2/c1-51(2)45-27-11-10-24-44(45)49-39(25-14-28-46(49)51)36-20-12-19-35(31-36)38-29-30-42(41-23-9-8-22-40(38)41)48-32-47(34-16-4-3-5-17-34)52-50(53-48)43-26-13-18-33-15-6-7-21-37(33)43/h3-32H,1-2H3. The largest absolute Gasteiger partial charge is 0.228 e. The van der Waals surface area contributed by atoms with Crippen LogP contribution in [0.3, 0.4) is 0 Å². The molecule has 1 aromatic heterocycles. The lowest BCUT2D eigenvalue weighted by Gasteiger charge is -2.21. The van der Waals surface area contributed by atoms with E-state index in [1.165, 1.54) is 55.3 Å². The molecule has 10 rings (SSSR count). The van der Waals surface area contributed by atoms with E-state index >= 15 is 0 Å². The monoisotopic (exact) mass is 676 g/mol. The third-order valence-electron chi connectivity index (χ3n) is 11.1. The predicted octanol–water partition coefficient (Wildman–Crippen LogP) is 13.4. The lowest BCUT2D eigenvalue weighted by atomic mass is 9.82. The molecule has 0 saturated carbocycles. The quantitative estimate of drug-likeness (QED) is 0.181. The first kappa shape index (κ1) is 31.1. The van der Waals surface area contributed by atoms with Gasteiger partial charge in [0, 0.05) is 22.1 Å². The molecule has 0 atom stereocenters. The van der Waals surface area contributed by atoms with Gasteiger partial charge in [0.2, 0.25) is 0 Å². The molecule has 0 spiro atoms. The molecule has 2 nitrogen and oxygen atoms in total. The van der Waals surface area contributed by atoms with Crippen LogP contribution in [0.1, 0.15) is 25.0 Å². The first-order valence-electron chi connectivity index (χ1n) is 18.3. The highest BCUT2D eigenvalue weighted by Gasteiger charge is 2.36. The van der Waals surface area contributed by atoms with Crippen molar-refractivity contribution in [3.63, 3.8) is 0 Å². The SMILES string of the molecule is CC1(C)c2ccccc2-c2c(-c3cccc(-c4ccc(-c5cc(-c6ccccc6)nc(-c6cccc7ccccc67)n5)c5ccccc45)c3)cccc21. The molecule has 0 fully saturated rings. The van der Waals surface area contributed by atoms with Gasteiger partial charge in [0.25, 0.3) is 0 Å². The zero-order chi connectivity index (χ0) is 35.5. The lowest BCUT2D eigenvalue weighted by molar-refractivity contribution is 0.660. The van der Waals surface area contributed by atoms with Crippen molar-refractivity contribution in [2.75, 3.05) is 0 Å². The van der Waals surface area contributed by atoms with Gasteiger partial charge < -0.3 is 0 Å². The summed E-state index contributed by atoms with van der Waals surface area (Å²) in [4.78, 5) is 10.5. The minimum absolute atomic E-state index is 0.0412. The summed E-state index contributed by atoms with van der Waals surface area (Å²) in [6.45, 7) is 4.69. The van der Waals surface area contributed by atoms with E-state index in [0.29, 0.717) is 0 Å². The van der Waals surface area contributed by atoms with E-state index in [9.17, 15) is 0 Å². The van der Waals surface area contributed by atoms with Gasteiger partial charge >= 0.3 is 0 Å². The Morgan fingerprint density at radius 1 is 0.358 bits per heavy atom. The summed E-state index contributed by atoms with van der Waals surface area (Å²) < 4.78 is 0. The smallest absolute Gasteiger partial charge is 0.161 e. The van der Waals surface area contributed by atoms with Gasteiger partial charge in [0.05, 0.1) is 11.4 Å². The molecule has 0 unspecified atom stereocenters. The second-order valence-electron chi connectivity index (χ2n) is 14.5. The minimum Gasteiger partial charge on any atom is -0.228 e. The molecule has 250 valence electrons. The minimum atomic E-state index is -0.0412. The van der Waals surface area contributed by atoms with Crippen molar-refractivity contribution in [3.8, 4) is 67.3 Å². The number of rotatable bonds is 5. The normalized spacial score (nSPS) is 12.9. The van der Waals surface area contributed by atoms with Crippen LogP contribution in [-0.4, -0.2) is 9.97 Å². The molecular formula is C51H36N2. The van der Waals surface area contributed by atoms with Crippen molar-refractivity contribution in [3.05, 3.63) is 193 Å². The van der Waals surface area contributed by atoms with Crippen LogP contribution < -0.4 is 0 Å². The van der Waals surface area contributed by atoms with E-state index in [4.69, 9.17) is 9.97 Å². The summed E-state index contributed by atoms with van der Waals surface area (Å²) in [7, 11) is 0. The number of fused-ring (bicyclic) bond motifs is 5. The fraction of sp³-hybridized carbons (Fsp3) is 0.0588. The molecule has 0 N–H and O–H groups in total. The van der Waals surface area contributed by atoms with Crippen LogP contribution in [0.4, 0.5) is 0 Å². The number of hydrogen-bond acceptors (Lipinski definition) is 2. The Labute approximate surface area is 310 Å². The molecule has 1 aliphatic rings. The second kappa shape index (κ2) is 12.3. The van der Waals surface area contributed by atoms with Crippen molar-refractivity contribution >= 4 is 21.5 Å². The van der Waals surface area contributed by atoms with Crippen LogP contribution in [-0.2, 0) is 5.41 Å². The molecule has 8 aromatic carbocycles. The van der Waals surface area contributed by atoms with Gasteiger partial charge in [-0.25, -0.2) is 9.97 Å². The fourth-order valence-electron chi connectivity index (χ4n) is 8.51. The maximum atomic E-state index is 5.31. The topological polar surface area (TPSA) is 25.8 Å². The highest BCUT2D eigenvalue weighted by Crippen LogP contribution is 2.52. The van der Waals surface area contributed by atoms with Crippen molar-refractivity contribution in [1.82, 2.24) is 9.97 Å². The average molecular weight is 677 g/mol. The Morgan fingerprint density at radius 2 is 0.906 bits per heavy atom. The molecule has 9 aromatic rings. The summed E-state index contributed by atoms with van der Waals surface area (Å²) in [6.07, 6.45) is 0. The van der Waals surface area contributed by atoms with Crippen LogP contribution in [0.2, 0.25) is 0 Å². The lowest BCUT2D eigenvalue weighted by Crippen LogP contribution is -2.14. The van der Waals surface area contributed by atoms with E-state index < -0.39 is 0 Å². The zero-order valence-electron chi connectivity index (χ0n) is 29.7. The van der Waals surface area contributed by atoms with Gasteiger partial charge in [-0.3, -0.25) is 0 Å². The third kappa shape index (κ3) is 5.10. The van der Waals surface area contributed by atoms with Gasteiger partial charge in [-0.2, -0.15) is 0 Å². The number of aromatic nitrogens is 2. The van der Waals surface area contributed by atoms with Gasteiger partial charge in [-0.1, -0.05) is 184 Å². The highest BCUT2D eigenvalue weighted by molar-refractivity contribution is 6.05. The molecule has 1 heterocycles. The second-order valence-corrected chi connectivity index (χ2v) is 14.5. The Hall–Kier alpha value is -6.64. The first-order valence-corrected chi connectivity index (χ1v) is 18.3. The van der Waals surface area contributed by atoms with Crippen molar-refractivity contribution in [1.29, 1.82) is 0 Å². The van der Waals surface area contributed by atoms with E-state index in [2.05, 4.69) is 190 Å². The molecular weight excluding hydrogens is 641 g/mol. The number of hydrogen-bond donors (Lipinski definition) is 0. The molecule has 0 aliphatic heterocycles. The van der Waals surface area contributed by atoms with E-state index in [-0.39, 0.29) is 5.41 Å². The van der Waals surface area contributed by atoms with E-state index in [0.717, 1.165) is 44.7 Å². The first-order chi connectivity index (χ1) is 26.0. The average Bonchev–Trinajstić information content (AvgIpc) is 3.46. The van der Waals surface area contributed by atoms with E-state index in [1.807, 2.05) is 6.07 Å². The van der Waals surface area contributed by atoms with Gasteiger partial charge in [0.1, 0.15) is 0 Å². The zero-order valence-corrected chi connectivity index (χ0v) is 29.7. The summed E-state index contributed by atoms with van der Waals surface area (Å²) in [5.41, 5.74) is 15.3. The Morgan fingerprint density at radius 3 is 1.75 bits per heavy atom. The van der Waals surface area contributed by atoms with Crippen LogP contribution in [0.15, 0.2) is 182 Å². The van der Waals surface area contributed by atoms with Crippen molar-refractivity contribution in [2.24, 2.45) is 0 Å². The molecule has 2 heteroatoms. The van der Waals surface area contributed by atoms with Crippen LogP contribution >= 0.6 is 0 Å². The summed E-state index contributed by atoms with van der Waals surface area (Å²) in [5.74, 6) is 0.721. The Bertz CT molecular complexity index is 2860. The molecule has 0 saturated heterocycles. The summed E-state index contributed by atoms with van der Waals surface area (Å²) in [5, 5.41) is 4.67. The molecule has 0 bridgehead atoms. The van der Waals surface area contributed by atoms with Crippen molar-refractivity contribution < 1.29 is 0 Å². The summed E-state index contributed by atoms with van der Waals surface area (Å²) in [6, 6.07) is 65.4. The maximum Gasteiger partial charge on any atom is 0.161 e. The fourth-order valence-corrected chi connectivity index (χ4v) is 8.51.